The highest BCUT2D eigenvalue weighted by atomic mass is 19.1. The van der Waals surface area contributed by atoms with E-state index in [2.05, 4.69) is 40.7 Å². The van der Waals surface area contributed by atoms with Gasteiger partial charge in [-0.15, -0.1) is 0 Å². The maximum atomic E-state index is 14.2. The van der Waals surface area contributed by atoms with Crippen LogP contribution in [0, 0.1) is 11.7 Å². The van der Waals surface area contributed by atoms with Gasteiger partial charge in [-0.05, 0) is 67.3 Å². The average molecular weight is 450 g/mol. The zero-order valence-electron chi connectivity index (χ0n) is 19.1. The molecule has 0 unspecified atom stereocenters. The van der Waals surface area contributed by atoms with Gasteiger partial charge in [-0.1, -0.05) is 13.8 Å². The number of aromatic amines is 1. The minimum atomic E-state index is -0.697. The molecule has 0 amide bonds. The van der Waals surface area contributed by atoms with Crippen molar-refractivity contribution in [3.05, 3.63) is 53.6 Å². The van der Waals surface area contributed by atoms with Crippen LogP contribution < -0.4 is 4.74 Å². The summed E-state index contributed by atoms with van der Waals surface area (Å²) < 4.78 is 21.7. The average Bonchev–Trinajstić information content (AvgIpc) is 3.39. The quantitative estimate of drug-likeness (QED) is 0.384. The first-order chi connectivity index (χ1) is 15.9. The molecule has 2 aromatic carbocycles. The van der Waals surface area contributed by atoms with E-state index < -0.39 is 11.8 Å². The normalized spacial score (nSPS) is 18.9. The molecule has 0 radical (unpaired) electrons. The number of nitrogens with one attached hydrogen (secondary N) is 1. The minimum absolute atomic E-state index is 0.206. The molecule has 0 atom stereocenters. The topological polar surface area (TPSA) is 80.1 Å². The zero-order chi connectivity index (χ0) is 23.3. The summed E-state index contributed by atoms with van der Waals surface area (Å²) in [5, 5.41) is 18.9. The van der Waals surface area contributed by atoms with Crippen molar-refractivity contribution < 1.29 is 19.0 Å². The van der Waals surface area contributed by atoms with Gasteiger partial charge in [0, 0.05) is 28.2 Å². The van der Waals surface area contributed by atoms with Gasteiger partial charge in [-0.2, -0.15) is 5.10 Å². The van der Waals surface area contributed by atoms with Crippen LogP contribution in [-0.4, -0.2) is 33.0 Å². The zero-order valence-corrected chi connectivity index (χ0v) is 19.1. The number of aliphatic carboxylic acids is 1. The van der Waals surface area contributed by atoms with Gasteiger partial charge < -0.3 is 14.4 Å². The molecule has 2 heterocycles. The van der Waals surface area contributed by atoms with Crippen molar-refractivity contribution in [3.63, 3.8) is 0 Å². The number of benzene rings is 2. The van der Waals surface area contributed by atoms with E-state index in [1.165, 1.54) is 24.4 Å². The molecule has 1 fully saturated rings. The number of carboxylic acids is 1. The Kier molecular flexibility index (Phi) is 5.35. The lowest BCUT2D eigenvalue weighted by molar-refractivity contribution is -0.142. The molecule has 2 N–H and O–H groups in total. The van der Waals surface area contributed by atoms with Crippen molar-refractivity contribution >= 4 is 27.8 Å². The lowest BCUT2D eigenvalue weighted by Gasteiger charge is -2.28. The molecule has 4 aromatic rings. The molecule has 172 valence electrons. The Morgan fingerprint density at radius 1 is 1.21 bits per heavy atom. The van der Waals surface area contributed by atoms with Gasteiger partial charge in [0.2, 0.25) is 0 Å². The number of aromatic nitrogens is 3. The van der Waals surface area contributed by atoms with Crippen LogP contribution in [0.1, 0.15) is 62.6 Å². The van der Waals surface area contributed by atoms with Crippen molar-refractivity contribution in [2.45, 2.75) is 51.4 Å². The van der Waals surface area contributed by atoms with Crippen molar-refractivity contribution in [2.75, 3.05) is 7.11 Å². The lowest BCUT2D eigenvalue weighted by Crippen LogP contribution is -2.21. The maximum absolute atomic E-state index is 14.2. The summed E-state index contributed by atoms with van der Waals surface area (Å²) in [7, 11) is 1.47. The predicted octanol–water partition coefficient (Wildman–Crippen LogP) is 6.14. The van der Waals surface area contributed by atoms with Crippen LogP contribution >= 0.6 is 0 Å². The predicted molar refractivity (Wildman–Crippen MR) is 126 cm³/mol. The van der Waals surface area contributed by atoms with Gasteiger partial charge in [-0.25, -0.2) is 4.39 Å². The van der Waals surface area contributed by atoms with Crippen molar-refractivity contribution in [3.8, 4) is 11.4 Å². The molecule has 7 heteroatoms. The summed E-state index contributed by atoms with van der Waals surface area (Å²) in [6, 6.07) is 9.25. The van der Waals surface area contributed by atoms with Crippen LogP contribution in [-0.2, 0) is 4.79 Å². The van der Waals surface area contributed by atoms with Crippen molar-refractivity contribution in [1.82, 2.24) is 14.8 Å². The highest BCUT2D eigenvalue weighted by Crippen LogP contribution is 2.45. The summed E-state index contributed by atoms with van der Waals surface area (Å²) in [5.74, 6) is -0.679. The number of rotatable bonds is 5. The largest absolute Gasteiger partial charge is 0.494 e. The number of nitrogens with zero attached hydrogens (tertiary/aromatic N) is 2. The molecule has 1 aliphatic rings. The molecule has 0 bridgehead atoms. The summed E-state index contributed by atoms with van der Waals surface area (Å²) in [5.41, 5.74) is 5.29. The van der Waals surface area contributed by atoms with Crippen molar-refractivity contribution in [1.29, 1.82) is 0 Å². The fraction of sp³-hybridized carbons (Fsp3) is 0.385. The SMILES string of the molecule is COc1cc(-n2c(C(C)C)c(C3CCC(C(=O)O)CC3)c3cc4[nH]ncc4cc32)ccc1F. The van der Waals surface area contributed by atoms with E-state index in [1.54, 1.807) is 12.1 Å². The summed E-state index contributed by atoms with van der Waals surface area (Å²) in [6.45, 7) is 4.34. The number of hydrogen-bond acceptors (Lipinski definition) is 3. The Labute approximate surface area is 191 Å². The van der Waals surface area contributed by atoms with Gasteiger partial charge in [0.1, 0.15) is 0 Å². The molecule has 1 aliphatic carbocycles. The third-order valence-electron chi connectivity index (χ3n) is 7.03. The van der Waals surface area contributed by atoms with Gasteiger partial charge in [0.15, 0.2) is 11.6 Å². The number of hydrogen-bond donors (Lipinski definition) is 2. The van der Waals surface area contributed by atoms with E-state index in [4.69, 9.17) is 4.74 Å². The molecule has 0 saturated heterocycles. The van der Waals surface area contributed by atoms with Crippen LogP contribution in [0.4, 0.5) is 4.39 Å². The van der Waals surface area contributed by atoms with E-state index in [9.17, 15) is 14.3 Å². The number of methoxy groups -OCH3 is 1. The molecule has 2 aromatic heterocycles. The smallest absolute Gasteiger partial charge is 0.306 e. The number of halogens is 1. The van der Waals surface area contributed by atoms with Gasteiger partial charge in [0.05, 0.1) is 30.3 Å². The third kappa shape index (κ3) is 3.56. The van der Waals surface area contributed by atoms with Gasteiger partial charge >= 0.3 is 5.97 Å². The van der Waals surface area contributed by atoms with Gasteiger partial charge in [-0.3, -0.25) is 9.89 Å². The first-order valence-electron chi connectivity index (χ1n) is 11.5. The number of ether oxygens (including phenoxy) is 1. The highest BCUT2D eigenvalue weighted by molar-refractivity contribution is 5.99. The minimum Gasteiger partial charge on any atom is -0.494 e. The first-order valence-corrected chi connectivity index (χ1v) is 11.5. The first kappa shape index (κ1) is 21.5. The van der Waals surface area contributed by atoms with E-state index >= 15 is 0 Å². The standard InChI is InChI=1S/C26H28FN3O3/c1-14(2)25-24(15-4-6-16(7-5-15)26(31)32)19-12-21-17(13-28-29-21)10-22(19)30(25)18-8-9-20(27)23(11-18)33-3/h8-16H,4-7H2,1-3H3,(H,28,29)(H,31,32). The molecule has 0 spiro atoms. The molecule has 1 saturated carbocycles. The lowest BCUT2D eigenvalue weighted by atomic mass is 9.77. The molecule has 0 aliphatic heterocycles. The van der Waals surface area contributed by atoms with Crippen LogP contribution in [0.25, 0.3) is 27.5 Å². The molecule has 5 rings (SSSR count). The summed E-state index contributed by atoms with van der Waals surface area (Å²) >= 11 is 0. The fourth-order valence-corrected chi connectivity index (χ4v) is 5.46. The highest BCUT2D eigenvalue weighted by Gasteiger charge is 2.32. The molecule has 33 heavy (non-hydrogen) atoms. The maximum Gasteiger partial charge on any atom is 0.306 e. The van der Waals surface area contributed by atoms with E-state index in [0.29, 0.717) is 12.8 Å². The van der Waals surface area contributed by atoms with Crippen LogP contribution in [0.2, 0.25) is 0 Å². The number of carboxylic acid groups (broad SMARTS) is 1. The van der Waals surface area contributed by atoms with Gasteiger partial charge in [0.25, 0.3) is 0 Å². The van der Waals surface area contributed by atoms with E-state index in [-0.39, 0.29) is 23.5 Å². The fourth-order valence-electron chi connectivity index (χ4n) is 5.46. The van der Waals surface area contributed by atoms with Crippen LogP contribution in [0.3, 0.4) is 0 Å². The Hall–Kier alpha value is -3.35. The number of H-pyrrole nitrogens is 1. The molecule has 6 nitrogen and oxygen atoms in total. The Balaban J connectivity index is 1.77. The van der Waals surface area contributed by atoms with E-state index in [0.717, 1.165) is 40.3 Å². The number of carbonyl (C=O) groups is 1. The Bertz CT molecular complexity index is 1350. The summed E-state index contributed by atoms with van der Waals surface area (Å²) in [6.07, 6.45) is 4.85. The number of fused-ring (bicyclic) bond motifs is 2. The van der Waals surface area contributed by atoms with E-state index in [1.807, 2.05) is 6.20 Å². The Morgan fingerprint density at radius 3 is 2.64 bits per heavy atom. The second-order valence-electron chi connectivity index (χ2n) is 9.32. The van der Waals surface area contributed by atoms with Crippen molar-refractivity contribution in [2.24, 2.45) is 5.92 Å². The summed E-state index contributed by atoms with van der Waals surface area (Å²) in [4.78, 5) is 11.5. The van der Waals surface area contributed by atoms with Crippen LogP contribution in [0.15, 0.2) is 36.5 Å². The molecular formula is C26H28FN3O3. The monoisotopic (exact) mass is 449 g/mol. The van der Waals surface area contributed by atoms with Crippen LogP contribution in [0.5, 0.6) is 5.75 Å². The molecular weight excluding hydrogens is 421 g/mol. The second kappa shape index (κ2) is 8.21. The Morgan fingerprint density at radius 2 is 1.97 bits per heavy atom. The third-order valence-corrected chi connectivity index (χ3v) is 7.03. The second-order valence-corrected chi connectivity index (χ2v) is 9.32.